The minimum absolute atomic E-state index is 0.0481. The molecule has 3 rings (SSSR count). The SMILES string of the molecule is CC(=C/CCC(C)CCCCC(C)C/C=C/C(C)C=C[C@H]1C(C)(C)C[C@H](O)C[C@@]1(C)O)/C=C/[C@@]12O[C@]1(C)C[C@@H](O)CC2(C)C. The molecule has 0 spiro atoms. The molecule has 4 nitrogen and oxygen atoms in total. The Morgan fingerprint density at radius 2 is 1.48 bits per heavy atom. The van der Waals surface area contributed by atoms with Crippen molar-refractivity contribution in [2.75, 3.05) is 0 Å². The van der Waals surface area contributed by atoms with Crippen LogP contribution < -0.4 is 0 Å². The summed E-state index contributed by atoms with van der Waals surface area (Å²) >= 11 is 0. The highest BCUT2D eigenvalue weighted by atomic mass is 16.6. The summed E-state index contributed by atoms with van der Waals surface area (Å²) in [7, 11) is 0. The van der Waals surface area contributed by atoms with Gasteiger partial charge in [0.2, 0.25) is 0 Å². The molecule has 1 aliphatic heterocycles. The topological polar surface area (TPSA) is 73.2 Å². The molecule has 0 bridgehead atoms. The Morgan fingerprint density at radius 3 is 2.11 bits per heavy atom. The summed E-state index contributed by atoms with van der Waals surface area (Å²) in [5, 5.41) is 31.4. The van der Waals surface area contributed by atoms with Gasteiger partial charge in [0.1, 0.15) is 11.2 Å². The summed E-state index contributed by atoms with van der Waals surface area (Å²) in [6, 6.07) is 0. The van der Waals surface area contributed by atoms with Gasteiger partial charge in [0, 0.05) is 24.2 Å². The molecule has 1 saturated heterocycles. The maximum Gasteiger partial charge on any atom is 0.121 e. The smallest absolute Gasteiger partial charge is 0.121 e. The predicted octanol–water partition coefficient (Wildman–Crippen LogP) is 9.50. The number of hydrogen-bond donors (Lipinski definition) is 3. The normalized spacial score (nSPS) is 37.4. The Kier molecular flexibility index (Phi) is 12.4. The van der Waals surface area contributed by atoms with Crippen LogP contribution in [0.2, 0.25) is 0 Å². The van der Waals surface area contributed by atoms with Gasteiger partial charge >= 0.3 is 0 Å². The maximum atomic E-state index is 11.0. The van der Waals surface area contributed by atoms with Gasteiger partial charge in [0.15, 0.2) is 0 Å². The van der Waals surface area contributed by atoms with E-state index in [1.807, 2.05) is 6.92 Å². The third-order valence-corrected chi connectivity index (χ3v) is 11.4. The Bertz CT molecular complexity index is 1030. The van der Waals surface area contributed by atoms with Crippen LogP contribution in [0, 0.1) is 34.5 Å². The predicted molar refractivity (Wildman–Crippen MR) is 185 cm³/mol. The van der Waals surface area contributed by atoms with E-state index in [-0.39, 0.29) is 34.1 Å². The highest BCUT2D eigenvalue weighted by Crippen LogP contribution is 2.66. The van der Waals surface area contributed by atoms with Crippen molar-refractivity contribution in [3.8, 4) is 0 Å². The highest BCUT2D eigenvalue weighted by Gasteiger charge is 2.74. The minimum atomic E-state index is -0.868. The summed E-state index contributed by atoms with van der Waals surface area (Å²) in [5.74, 6) is 1.83. The number of aliphatic hydroxyl groups is 3. The molecule has 3 unspecified atom stereocenters. The van der Waals surface area contributed by atoms with Gasteiger partial charge in [-0.2, -0.15) is 0 Å². The van der Waals surface area contributed by atoms with Crippen LogP contribution in [-0.2, 0) is 4.74 Å². The molecule has 44 heavy (non-hydrogen) atoms. The molecule has 0 radical (unpaired) electrons. The van der Waals surface area contributed by atoms with Gasteiger partial charge in [-0.3, -0.25) is 0 Å². The molecule has 3 N–H and O–H groups in total. The molecule has 0 amide bonds. The third-order valence-electron chi connectivity index (χ3n) is 11.4. The van der Waals surface area contributed by atoms with E-state index in [1.54, 1.807) is 0 Å². The largest absolute Gasteiger partial charge is 0.393 e. The first-order chi connectivity index (χ1) is 20.3. The maximum absolute atomic E-state index is 11.0. The van der Waals surface area contributed by atoms with Crippen molar-refractivity contribution < 1.29 is 20.1 Å². The van der Waals surface area contributed by atoms with E-state index < -0.39 is 11.7 Å². The summed E-state index contributed by atoms with van der Waals surface area (Å²) in [6.07, 6.45) is 26.6. The quantitative estimate of drug-likeness (QED) is 0.0745. The molecule has 3 aliphatic rings. The number of hydrogen-bond acceptors (Lipinski definition) is 4. The van der Waals surface area contributed by atoms with Crippen LogP contribution in [0.3, 0.4) is 0 Å². The number of allylic oxidation sites excluding steroid dienone is 6. The van der Waals surface area contributed by atoms with E-state index in [2.05, 4.69) is 105 Å². The van der Waals surface area contributed by atoms with E-state index in [1.165, 1.54) is 37.7 Å². The molecule has 0 aromatic carbocycles. The fraction of sp³-hybridized carbons (Fsp3) is 0.800. The average Bonchev–Trinajstić information content (AvgIpc) is 3.49. The second-order valence-corrected chi connectivity index (χ2v) is 17.2. The van der Waals surface area contributed by atoms with Crippen LogP contribution >= 0.6 is 0 Å². The van der Waals surface area contributed by atoms with Crippen LogP contribution in [0.1, 0.15) is 140 Å². The fourth-order valence-corrected chi connectivity index (χ4v) is 8.83. The van der Waals surface area contributed by atoms with Gasteiger partial charge in [-0.1, -0.05) is 116 Å². The zero-order valence-corrected chi connectivity index (χ0v) is 30.0. The Hall–Kier alpha value is -1.20. The van der Waals surface area contributed by atoms with E-state index >= 15 is 0 Å². The van der Waals surface area contributed by atoms with Crippen molar-refractivity contribution in [1.29, 1.82) is 0 Å². The number of rotatable bonds is 15. The van der Waals surface area contributed by atoms with Gasteiger partial charge < -0.3 is 20.1 Å². The standard InChI is InChI=1S/C40H68O4/c1-29(17-13-19-31(3)21-22-35-36(5,6)25-33(41)27-38(35,9)43)15-11-12-16-30(2)18-14-20-32(4)23-24-40-37(7,8)26-34(42)28-39(40,10)44-40/h13,19-24,29-31,33-35,41-43H,11-12,14-18,25-28H2,1-10H3/b19-13+,22-21?,24-23+,32-20-/t29?,30?,31?,33-,34-,35-,38+,39+,40-/m0/s1. The number of ether oxygens (including phenoxy) is 1. The van der Waals surface area contributed by atoms with Crippen molar-refractivity contribution in [3.63, 3.8) is 0 Å². The number of fused-ring (bicyclic) bond motifs is 1. The first-order valence-corrected chi connectivity index (χ1v) is 17.8. The first-order valence-electron chi connectivity index (χ1n) is 17.8. The van der Waals surface area contributed by atoms with Crippen LogP contribution in [-0.4, -0.2) is 44.3 Å². The third kappa shape index (κ3) is 9.43. The van der Waals surface area contributed by atoms with E-state index in [4.69, 9.17) is 4.74 Å². The molecular weight excluding hydrogens is 544 g/mol. The zero-order valence-electron chi connectivity index (χ0n) is 30.0. The highest BCUT2D eigenvalue weighted by molar-refractivity contribution is 5.35. The summed E-state index contributed by atoms with van der Waals surface area (Å²) in [6.45, 7) is 22.0. The lowest BCUT2D eigenvalue weighted by atomic mass is 9.61. The molecule has 1 heterocycles. The van der Waals surface area contributed by atoms with Gasteiger partial charge in [0.05, 0.1) is 17.8 Å². The van der Waals surface area contributed by atoms with Crippen LogP contribution in [0.15, 0.2) is 48.1 Å². The second-order valence-electron chi connectivity index (χ2n) is 17.2. The molecule has 3 fully saturated rings. The van der Waals surface area contributed by atoms with E-state index in [9.17, 15) is 15.3 Å². The second kappa shape index (κ2) is 14.7. The number of epoxide rings is 1. The van der Waals surface area contributed by atoms with E-state index in [0.29, 0.717) is 18.3 Å². The van der Waals surface area contributed by atoms with E-state index in [0.717, 1.165) is 38.0 Å². The van der Waals surface area contributed by atoms with Crippen LogP contribution in [0.5, 0.6) is 0 Å². The first kappa shape index (κ1) is 37.3. The molecular formula is C40H68O4. The molecule has 2 aliphatic carbocycles. The Labute approximate surface area is 271 Å². The lowest BCUT2D eigenvalue weighted by molar-refractivity contribution is -0.111. The summed E-state index contributed by atoms with van der Waals surface area (Å²) < 4.78 is 6.29. The van der Waals surface area contributed by atoms with Crippen LogP contribution in [0.4, 0.5) is 0 Å². The zero-order chi connectivity index (χ0) is 33.0. The number of aliphatic hydroxyl groups excluding tert-OH is 2. The summed E-state index contributed by atoms with van der Waals surface area (Å²) in [4.78, 5) is 0. The van der Waals surface area contributed by atoms with Gasteiger partial charge in [-0.15, -0.1) is 0 Å². The molecule has 0 aromatic heterocycles. The monoisotopic (exact) mass is 613 g/mol. The van der Waals surface area contributed by atoms with Crippen molar-refractivity contribution in [2.24, 2.45) is 34.5 Å². The van der Waals surface area contributed by atoms with Crippen LogP contribution in [0.25, 0.3) is 0 Å². The lowest BCUT2D eigenvalue weighted by Crippen LogP contribution is -2.50. The molecule has 9 atom stereocenters. The van der Waals surface area contributed by atoms with Crippen molar-refractivity contribution in [2.45, 2.75) is 169 Å². The molecule has 252 valence electrons. The Morgan fingerprint density at radius 1 is 0.841 bits per heavy atom. The van der Waals surface area contributed by atoms with Crippen molar-refractivity contribution >= 4 is 0 Å². The van der Waals surface area contributed by atoms with Crippen molar-refractivity contribution in [3.05, 3.63) is 48.1 Å². The van der Waals surface area contributed by atoms with Gasteiger partial charge in [-0.25, -0.2) is 0 Å². The van der Waals surface area contributed by atoms with Gasteiger partial charge in [-0.05, 0) is 82.1 Å². The number of unbranched alkanes of at least 4 members (excludes halogenated alkanes) is 1. The fourth-order valence-electron chi connectivity index (χ4n) is 8.83. The Balaban J connectivity index is 1.30. The molecule has 2 saturated carbocycles. The average molecular weight is 613 g/mol. The summed E-state index contributed by atoms with van der Waals surface area (Å²) in [5.41, 5.74) is -0.212. The molecule has 0 aromatic rings. The minimum Gasteiger partial charge on any atom is -0.393 e. The van der Waals surface area contributed by atoms with Gasteiger partial charge in [0.25, 0.3) is 0 Å². The lowest BCUT2D eigenvalue weighted by Gasteiger charge is -2.48. The van der Waals surface area contributed by atoms with Crippen molar-refractivity contribution in [1.82, 2.24) is 0 Å². The molecule has 4 heteroatoms.